The Morgan fingerprint density at radius 2 is 1.72 bits per heavy atom. The summed E-state index contributed by atoms with van der Waals surface area (Å²) < 4.78 is 0. The molecule has 0 spiro atoms. The minimum absolute atomic E-state index is 0. The second kappa shape index (κ2) is 10.8. The van der Waals surface area contributed by atoms with Crippen molar-refractivity contribution in [3.8, 4) is 0 Å². The topological polar surface area (TPSA) is 35.6 Å². The number of piperazine rings is 1. The van der Waals surface area contributed by atoms with Gasteiger partial charge >= 0.3 is 0 Å². The first-order valence-corrected chi connectivity index (χ1v) is 9.56. The lowest BCUT2D eigenvalue weighted by Crippen LogP contribution is -2.50. The van der Waals surface area contributed by atoms with Gasteiger partial charge < -0.3 is 10.2 Å². The Kier molecular flexibility index (Phi) is 8.73. The molecule has 4 nitrogen and oxygen atoms in total. The maximum Gasteiger partial charge on any atom is 0.222 e. The molecule has 2 saturated heterocycles. The zero-order valence-corrected chi connectivity index (χ0v) is 16.0. The Hall–Kier alpha value is -1.10. The average Bonchev–Trinajstić information content (AvgIpc) is 2.64. The molecule has 0 aliphatic carbocycles. The van der Waals surface area contributed by atoms with E-state index >= 15 is 0 Å². The number of hydrogen-bond acceptors (Lipinski definition) is 3. The Bertz CT molecular complexity index is 497. The van der Waals surface area contributed by atoms with Crippen LogP contribution in [0.25, 0.3) is 0 Å². The highest BCUT2D eigenvalue weighted by Crippen LogP contribution is 2.15. The first-order chi connectivity index (χ1) is 11.8. The number of nitrogens with zero attached hydrogens (tertiary/aromatic N) is 2. The monoisotopic (exact) mass is 365 g/mol. The smallest absolute Gasteiger partial charge is 0.222 e. The fourth-order valence-electron chi connectivity index (χ4n) is 3.86. The van der Waals surface area contributed by atoms with Gasteiger partial charge in [-0.2, -0.15) is 0 Å². The number of piperidine rings is 1. The summed E-state index contributed by atoms with van der Waals surface area (Å²) in [6, 6.07) is 10.5. The first-order valence-electron chi connectivity index (χ1n) is 9.56. The molecule has 0 aromatic heterocycles. The highest BCUT2D eigenvalue weighted by atomic mass is 35.5. The molecular formula is C20H32ClN3O. The predicted molar refractivity (Wildman–Crippen MR) is 105 cm³/mol. The third-order valence-corrected chi connectivity index (χ3v) is 5.40. The number of nitrogens with one attached hydrogen (secondary N) is 1. The second-order valence-corrected chi connectivity index (χ2v) is 7.21. The molecule has 1 aromatic rings. The molecule has 2 fully saturated rings. The van der Waals surface area contributed by atoms with E-state index in [0.717, 1.165) is 44.9 Å². The number of benzene rings is 1. The van der Waals surface area contributed by atoms with Crippen molar-refractivity contribution in [2.45, 2.75) is 32.1 Å². The molecule has 0 radical (unpaired) electrons. The van der Waals surface area contributed by atoms with E-state index in [1.54, 1.807) is 0 Å². The molecule has 0 bridgehead atoms. The number of halogens is 1. The van der Waals surface area contributed by atoms with Crippen molar-refractivity contribution in [1.29, 1.82) is 0 Å². The second-order valence-electron chi connectivity index (χ2n) is 7.21. The van der Waals surface area contributed by atoms with E-state index in [1.807, 2.05) is 6.07 Å². The van der Waals surface area contributed by atoms with E-state index in [0.29, 0.717) is 12.3 Å². The van der Waals surface area contributed by atoms with Gasteiger partial charge in [0.2, 0.25) is 5.91 Å². The van der Waals surface area contributed by atoms with Crippen LogP contribution in [0.15, 0.2) is 30.3 Å². The van der Waals surface area contributed by atoms with Gasteiger partial charge in [-0.15, -0.1) is 12.4 Å². The first kappa shape index (κ1) is 20.2. The van der Waals surface area contributed by atoms with Crippen LogP contribution < -0.4 is 5.32 Å². The van der Waals surface area contributed by atoms with E-state index in [9.17, 15) is 4.79 Å². The fourth-order valence-corrected chi connectivity index (χ4v) is 3.86. The lowest BCUT2D eigenvalue weighted by molar-refractivity contribution is -0.133. The number of rotatable bonds is 6. The molecule has 2 aliphatic heterocycles. The number of carbonyl (C=O) groups excluding carboxylic acids is 1. The minimum atomic E-state index is 0. The molecular weight excluding hydrogens is 334 g/mol. The van der Waals surface area contributed by atoms with Crippen molar-refractivity contribution in [2.24, 2.45) is 5.92 Å². The molecule has 5 heteroatoms. The third-order valence-electron chi connectivity index (χ3n) is 5.40. The van der Waals surface area contributed by atoms with E-state index in [4.69, 9.17) is 0 Å². The van der Waals surface area contributed by atoms with Crippen LogP contribution in [-0.4, -0.2) is 61.5 Å². The minimum Gasteiger partial charge on any atom is -0.340 e. The van der Waals surface area contributed by atoms with Crippen molar-refractivity contribution >= 4 is 18.3 Å². The van der Waals surface area contributed by atoms with Gasteiger partial charge in [-0.1, -0.05) is 30.3 Å². The standard InChI is InChI=1S/C20H31N3O.ClH/c24-20(8-4-7-18-5-2-1-3-6-18)23-15-13-22(14-16-23)17-19-9-11-21-12-10-19;/h1-3,5-6,19,21H,4,7-17H2;1H. The Morgan fingerprint density at radius 1 is 1.04 bits per heavy atom. The maximum absolute atomic E-state index is 12.4. The van der Waals surface area contributed by atoms with Gasteiger partial charge in [0.1, 0.15) is 0 Å². The van der Waals surface area contributed by atoms with Gasteiger partial charge in [0.25, 0.3) is 0 Å². The van der Waals surface area contributed by atoms with E-state index < -0.39 is 0 Å². The van der Waals surface area contributed by atoms with Gasteiger partial charge in [-0.3, -0.25) is 9.69 Å². The summed E-state index contributed by atoms with van der Waals surface area (Å²) in [6.07, 6.45) is 5.25. The van der Waals surface area contributed by atoms with Crippen LogP contribution in [0, 0.1) is 5.92 Å². The van der Waals surface area contributed by atoms with Crippen molar-refractivity contribution in [2.75, 3.05) is 45.8 Å². The summed E-state index contributed by atoms with van der Waals surface area (Å²) in [4.78, 5) is 17.0. The highest BCUT2D eigenvalue weighted by molar-refractivity contribution is 5.85. The summed E-state index contributed by atoms with van der Waals surface area (Å²) in [5.41, 5.74) is 1.33. The molecule has 0 unspecified atom stereocenters. The SMILES string of the molecule is Cl.O=C(CCCc1ccccc1)N1CCN(CC2CCNCC2)CC1. The van der Waals surface area contributed by atoms with Gasteiger partial charge in [0, 0.05) is 39.1 Å². The lowest BCUT2D eigenvalue weighted by Gasteiger charge is -2.37. The van der Waals surface area contributed by atoms with Crippen LogP contribution in [0.2, 0.25) is 0 Å². The normalized spacial score (nSPS) is 19.4. The van der Waals surface area contributed by atoms with E-state index in [-0.39, 0.29) is 12.4 Å². The van der Waals surface area contributed by atoms with Crippen LogP contribution in [0.3, 0.4) is 0 Å². The molecule has 1 N–H and O–H groups in total. The van der Waals surface area contributed by atoms with E-state index in [1.165, 1.54) is 38.0 Å². The summed E-state index contributed by atoms with van der Waals surface area (Å²) >= 11 is 0. The van der Waals surface area contributed by atoms with Gasteiger partial charge in [0.15, 0.2) is 0 Å². The average molecular weight is 366 g/mol. The summed E-state index contributed by atoms with van der Waals surface area (Å²) in [5.74, 6) is 1.19. The molecule has 0 saturated carbocycles. The van der Waals surface area contributed by atoms with Gasteiger partial charge in [-0.05, 0) is 50.3 Å². The largest absolute Gasteiger partial charge is 0.340 e. The fraction of sp³-hybridized carbons (Fsp3) is 0.650. The molecule has 1 amide bonds. The number of aryl methyl sites for hydroxylation is 1. The number of carbonyl (C=O) groups is 1. The summed E-state index contributed by atoms with van der Waals surface area (Å²) in [6.45, 7) is 7.49. The zero-order chi connectivity index (χ0) is 16.6. The van der Waals surface area contributed by atoms with E-state index in [2.05, 4.69) is 39.4 Å². The quantitative estimate of drug-likeness (QED) is 0.841. The predicted octanol–water partition coefficient (Wildman–Crippen LogP) is 2.57. The summed E-state index contributed by atoms with van der Waals surface area (Å²) in [7, 11) is 0. The van der Waals surface area contributed by atoms with Crippen LogP contribution in [-0.2, 0) is 11.2 Å². The Labute approximate surface area is 158 Å². The molecule has 3 rings (SSSR count). The molecule has 140 valence electrons. The summed E-state index contributed by atoms with van der Waals surface area (Å²) in [5, 5.41) is 3.43. The van der Waals surface area contributed by atoms with Crippen LogP contribution in [0.5, 0.6) is 0 Å². The number of amides is 1. The Morgan fingerprint density at radius 3 is 2.40 bits per heavy atom. The van der Waals surface area contributed by atoms with Gasteiger partial charge in [-0.25, -0.2) is 0 Å². The molecule has 2 heterocycles. The molecule has 1 aromatic carbocycles. The lowest BCUT2D eigenvalue weighted by atomic mass is 9.97. The number of hydrogen-bond donors (Lipinski definition) is 1. The van der Waals surface area contributed by atoms with Crippen molar-refractivity contribution < 1.29 is 4.79 Å². The van der Waals surface area contributed by atoms with Gasteiger partial charge in [0.05, 0.1) is 0 Å². The van der Waals surface area contributed by atoms with Crippen molar-refractivity contribution in [3.63, 3.8) is 0 Å². The maximum atomic E-state index is 12.4. The molecule has 2 aliphatic rings. The van der Waals surface area contributed by atoms with Crippen LogP contribution >= 0.6 is 12.4 Å². The Balaban J connectivity index is 0.00000225. The van der Waals surface area contributed by atoms with Crippen molar-refractivity contribution in [1.82, 2.24) is 15.1 Å². The third kappa shape index (κ3) is 6.61. The molecule has 0 atom stereocenters. The zero-order valence-electron chi connectivity index (χ0n) is 15.2. The molecule has 25 heavy (non-hydrogen) atoms. The van der Waals surface area contributed by atoms with Crippen LogP contribution in [0.1, 0.15) is 31.2 Å². The van der Waals surface area contributed by atoms with Crippen molar-refractivity contribution in [3.05, 3.63) is 35.9 Å². The highest BCUT2D eigenvalue weighted by Gasteiger charge is 2.23. The van der Waals surface area contributed by atoms with Crippen LogP contribution in [0.4, 0.5) is 0 Å².